The second-order valence-electron chi connectivity index (χ2n) is 13.9. The summed E-state index contributed by atoms with van der Waals surface area (Å²) in [5.74, 6) is -0.871. The first-order chi connectivity index (χ1) is 25.9. The molecule has 4 bridgehead atoms. The number of piperazine rings is 1. The number of cyclic esters (lactones) is 1. The van der Waals surface area contributed by atoms with Crippen molar-refractivity contribution in [3.63, 3.8) is 0 Å². The van der Waals surface area contributed by atoms with Crippen molar-refractivity contribution in [1.29, 1.82) is 5.26 Å². The van der Waals surface area contributed by atoms with E-state index in [0.29, 0.717) is 46.1 Å². The van der Waals surface area contributed by atoms with Crippen molar-refractivity contribution >= 4 is 35.6 Å². The number of carboxylic acid groups (broad SMARTS) is 1. The number of nitrogens with zero attached hydrogens (tertiary/aromatic N) is 3. The molecule has 2 saturated heterocycles. The van der Waals surface area contributed by atoms with E-state index < -0.39 is 65.7 Å². The molecule has 7 atom stereocenters. The van der Waals surface area contributed by atoms with Crippen molar-refractivity contribution < 1.29 is 57.4 Å². The van der Waals surface area contributed by atoms with Gasteiger partial charge in [-0.3, -0.25) is 24.2 Å². The smallest absolute Gasteiger partial charge is 0.329 e. The SMILES string of the molecule is COCOc1c(OC)c(C)cc2c1[C@H]1C3C4SC[C@H](NC(=O)CCC(=O)O)C(=O)OC[C@@H](c5c6c(c(C)c(OC(C)=O)c54)OCO6)N3[C@@H](C#N)[C@H](C2)N1C. The second-order valence-corrected chi connectivity index (χ2v) is 15.1. The maximum Gasteiger partial charge on any atom is 0.329 e. The number of likely N-dealkylation sites (N-methyl/N-ethyl adjacent to an activating group) is 1. The standard InChI is InChI=1S/C37H42N4O12S/c1-16-9-19-10-21-22(11-38)41-23-12-49-37(46)20(39-24(43)7-8-25(44)45)13-54-36(28-27(23)35-33(51-15-52-35)17(2)32(28)53-18(3)42)30(41)29(40(21)4)26(19)34(31(16)48-6)50-14-47-5/h9,20-23,29-30,36H,7-8,10,12-15H2,1-6H3,(H,39,43)(H,44,45)/t20-,21-,22-,23-,29-,30?,36?/m0/s1. The van der Waals surface area contributed by atoms with E-state index in [0.717, 1.165) is 16.7 Å². The Kier molecular flexibility index (Phi) is 10.3. The number of benzene rings is 2. The molecule has 0 aromatic heterocycles. The lowest BCUT2D eigenvalue weighted by atomic mass is 9.71. The number of nitrogens with one attached hydrogen (secondary N) is 1. The summed E-state index contributed by atoms with van der Waals surface area (Å²) in [6.07, 6.45) is -0.229. The van der Waals surface area contributed by atoms with Crippen molar-refractivity contribution in [2.24, 2.45) is 0 Å². The van der Waals surface area contributed by atoms with Gasteiger partial charge in [0.05, 0.1) is 36.9 Å². The molecule has 16 nitrogen and oxygen atoms in total. The van der Waals surface area contributed by atoms with Crippen LogP contribution in [-0.2, 0) is 35.1 Å². The summed E-state index contributed by atoms with van der Waals surface area (Å²) in [6.45, 7) is 4.64. The molecular weight excluding hydrogens is 724 g/mol. The Hall–Kier alpha value is -4.76. The number of aliphatic carboxylic acids is 1. The minimum absolute atomic E-state index is 0.00203. The van der Waals surface area contributed by atoms with Gasteiger partial charge in [0, 0.05) is 60.5 Å². The maximum atomic E-state index is 13.7. The van der Waals surface area contributed by atoms with Crippen LogP contribution in [0.3, 0.4) is 0 Å². The molecule has 0 radical (unpaired) electrons. The van der Waals surface area contributed by atoms with E-state index in [-0.39, 0.29) is 44.2 Å². The Labute approximate surface area is 315 Å². The summed E-state index contributed by atoms with van der Waals surface area (Å²) >= 11 is 1.34. The van der Waals surface area contributed by atoms with Gasteiger partial charge in [-0.2, -0.15) is 5.26 Å². The number of amides is 1. The highest BCUT2D eigenvalue weighted by Gasteiger charge is 2.61. The normalized spacial score (nSPS) is 26.7. The quantitative estimate of drug-likeness (QED) is 0.215. The van der Waals surface area contributed by atoms with E-state index in [1.54, 1.807) is 14.0 Å². The Balaban J connectivity index is 1.48. The summed E-state index contributed by atoms with van der Waals surface area (Å²) in [5, 5.41) is 22.3. The number of thioether (sulfide) groups is 1. The van der Waals surface area contributed by atoms with E-state index in [2.05, 4.69) is 27.3 Å². The minimum Gasteiger partial charge on any atom is -0.493 e. The van der Waals surface area contributed by atoms with Crippen molar-refractivity contribution in [2.75, 3.05) is 47.2 Å². The molecule has 1 amide bonds. The third kappa shape index (κ3) is 6.14. The fraction of sp³-hybridized carbons (Fsp3) is 0.541. The van der Waals surface area contributed by atoms with Crippen molar-refractivity contribution in [3.05, 3.63) is 39.4 Å². The number of hydrogen-bond acceptors (Lipinski definition) is 15. The van der Waals surface area contributed by atoms with Gasteiger partial charge in [-0.1, -0.05) is 6.07 Å². The average molecular weight is 767 g/mol. The molecule has 2 N–H and O–H groups in total. The Bertz CT molecular complexity index is 1950. The van der Waals surface area contributed by atoms with Crippen molar-refractivity contribution in [3.8, 4) is 34.8 Å². The molecule has 0 spiro atoms. The first kappa shape index (κ1) is 37.6. The Morgan fingerprint density at radius 1 is 1.07 bits per heavy atom. The summed E-state index contributed by atoms with van der Waals surface area (Å²) in [4.78, 5) is 55.0. The zero-order valence-corrected chi connectivity index (χ0v) is 31.6. The van der Waals surface area contributed by atoms with E-state index in [1.165, 1.54) is 25.8 Å². The molecule has 5 aliphatic heterocycles. The van der Waals surface area contributed by atoms with Crippen LogP contribution in [0, 0.1) is 25.2 Å². The molecule has 2 aromatic carbocycles. The fourth-order valence-corrected chi connectivity index (χ4v) is 10.3. The van der Waals surface area contributed by atoms with Crippen LogP contribution in [0.5, 0.6) is 28.7 Å². The van der Waals surface area contributed by atoms with Crippen LogP contribution >= 0.6 is 11.8 Å². The third-order valence-electron chi connectivity index (χ3n) is 10.9. The largest absolute Gasteiger partial charge is 0.493 e. The van der Waals surface area contributed by atoms with Crippen LogP contribution in [0.2, 0.25) is 0 Å². The number of hydrogen-bond donors (Lipinski definition) is 2. The van der Waals surface area contributed by atoms with Gasteiger partial charge in [0.15, 0.2) is 29.8 Å². The second kappa shape index (κ2) is 14.8. The number of carboxylic acids is 1. The lowest BCUT2D eigenvalue weighted by Crippen LogP contribution is -2.69. The predicted molar refractivity (Wildman–Crippen MR) is 190 cm³/mol. The molecule has 17 heteroatoms. The summed E-state index contributed by atoms with van der Waals surface area (Å²) < 4.78 is 41.8. The third-order valence-corrected chi connectivity index (χ3v) is 12.3. The lowest BCUT2D eigenvalue weighted by molar-refractivity contribution is -0.152. The Morgan fingerprint density at radius 2 is 1.83 bits per heavy atom. The van der Waals surface area contributed by atoms with Gasteiger partial charge in [0.2, 0.25) is 12.7 Å². The highest BCUT2D eigenvalue weighted by atomic mass is 32.2. The van der Waals surface area contributed by atoms with Crippen LogP contribution in [0.15, 0.2) is 6.07 Å². The van der Waals surface area contributed by atoms with Crippen LogP contribution in [0.4, 0.5) is 0 Å². The first-order valence-corrected chi connectivity index (χ1v) is 18.6. The van der Waals surface area contributed by atoms with Gasteiger partial charge in [0.1, 0.15) is 24.4 Å². The van der Waals surface area contributed by atoms with Crippen LogP contribution in [0.25, 0.3) is 0 Å². The highest BCUT2D eigenvalue weighted by molar-refractivity contribution is 7.99. The topological polar surface area (TPSA) is 195 Å². The van der Waals surface area contributed by atoms with Gasteiger partial charge < -0.3 is 43.6 Å². The number of ether oxygens (including phenoxy) is 7. The molecule has 0 aliphatic carbocycles. The fourth-order valence-electron chi connectivity index (χ4n) is 8.79. The monoisotopic (exact) mass is 766 g/mol. The Morgan fingerprint density at radius 3 is 2.52 bits per heavy atom. The first-order valence-electron chi connectivity index (χ1n) is 17.6. The number of rotatable bonds is 9. The molecule has 5 aliphatic rings. The van der Waals surface area contributed by atoms with E-state index in [4.69, 9.17) is 38.3 Å². The van der Waals surface area contributed by atoms with Gasteiger partial charge in [-0.05, 0) is 38.4 Å². The number of aryl methyl sites for hydroxylation is 1. The number of esters is 2. The van der Waals surface area contributed by atoms with E-state index >= 15 is 0 Å². The average Bonchev–Trinajstić information content (AvgIpc) is 3.62. The van der Waals surface area contributed by atoms with Gasteiger partial charge in [-0.25, -0.2) is 4.79 Å². The predicted octanol–water partition coefficient (Wildman–Crippen LogP) is 2.86. The van der Waals surface area contributed by atoms with Crippen LogP contribution in [0.1, 0.15) is 70.5 Å². The molecule has 2 fully saturated rings. The number of fused-ring (bicyclic) bond motifs is 9. The van der Waals surface area contributed by atoms with Gasteiger partial charge in [0.25, 0.3) is 0 Å². The number of nitriles is 1. The summed E-state index contributed by atoms with van der Waals surface area (Å²) in [6, 6.07) is 0.723. The molecular formula is C37H42N4O12S. The molecule has 7 rings (SSSR count). The number of methoxy groups -OCH3 is 2. The zero-order chi connectivity index (χ0) is 38.6. The van der Waals surface area contributed by atoms with E-state index in [9.17, 15) is 24.4 Å². The molecule has 0 saturated carbocycles. The van der Waals surface area contributed by atoms with E-state index in [1.807, 2.05) is 14.0 Å². The van der Waals surface area contributed by atoms with Crippen LogP contribution < -0.4 is 29.0 Å². The number of carbonyl (C=O) groups excluding carboxylic acids is 3. The summed E-state index contributed by atoms with van der Waals surface area (Å²) in [5.41, 5.74) is 4.47. The van der Waals surface area contributed by atoms with Gasteiger partial charge >= 0.3 is 17.9 Å². The minimum atomic E-state index is -1.14. The lowest BCUT2D eigenvalue weighted by Gasteiger charge is -2.61. The van der Waals surface area contributed by atoms with Crippen molar-refractivity contribution in [1.82, 2.24) is 15.1 Å². The maximum absolute atomic E-state index is 13.7. The molecule has 288 valence electrons. The number of carbonyl (C=O) groups is 4. The molecule has 2 aromatic rings. The van der Waals surface area contributed by atoms with Crippen LogP contribution in [-0.4, -0.2) is 110 Å². The molecule has 2 unspecified atom stereocenters. The summed E-state index contributed by atoms with van der Waals surface area (Å²) in [7, 11) is 5.09. The van der Waals surface area contributed by atoms with Crippen molar-refractivity contribution in [2.45, 2.75) is 81.5 Å². The zero-order valence-electron chi connectivity index (χ0n) is 30.8. The highest BCUT2D eigenvalue weighted by Crippen LogP contribution is 2.64. The molecule has 5 heterocycles. The molecule has 54 heavy (non-hydrogen) atoms. The van der Waals surface area contributed by atoms with Gasteiger partial charge in [-0.15, -0.1) is 11.8 Å².